The number of carbonyl (C=O) groups excluding carboxylic acids is 1. The Balaban J connectivity index is 2.12. The lowest BCUT2D eigenvalue weighted by Crippen LogP contribution is -2.38. The van der Waals surface area contributed by atoms with Crippen LogP contribution < -0.4 is 5.73 Å². The predicted molar refractivity (Wildman–Crippen MR) is 67.8 cm³/mol. The number of rotatable bonds is 2. The minimum Gasteiger partial charge on any atom is -0.397 e. The molecule has 7 heteroatoms. The molecule has 1 aliphatic heterocycles. The van der Waals surface area contributed by atoms with Gasteiger partial charge in [-0.1, -0.05) is 0 Å². The van der Waals surface area contributed by atoms with Crippen LogP contribution in [0.25, 0.3) is 0 Å². The first kappa shape index (κ1) is 12.8. The molecule has 1 unspecified atom stereocenters. The van der Waals surface area contributed by atoms with Crippen LogP contribution in [0.15, 0.2) is 18.3 Å². The maximum absolute atomic E-state index is 12.1. The molecular formula is C11H15N3O3S. The Morgan fingerprint density at radius 3 is 2.72 bits per heavy atom. The monoisotopic (exact) mass is 269 g/mol. The normalized spacial score (nSPS) is 21.7. The summed E-state index contributed by atoms with van der Waals surface area (Å²) >= 11 is 0. The van der Waals surface area contributed by atoms with E-state index in [2.05, 4.69) is 4.98 Å². The van der Waals surface area contributed by atoms with Crippen LogP contribution in [0.4, 0.5) is 5.69 Å². The number of hydrogen-bond donors (Lipinski definition) is 1. The number of nitrogen functional groups attached to an aromatic ring is 1. The van der Waals surface area contributed by atoms with Crippen molar-refractivity contribution in [1.29, 1.82) is 0 Å². The average molecular weight is 269 g/mol. The Hall–Kier alpha value is -1.63. The van der Waals surface area contributed by atoms with E-state index in [1.54, 1.807) is 13.1 Å². The molecule has 1 aromatic heterocycles. The number of sulfone groups is 1. The van der Waals surface area contributed by atoms with Crippen molar-refractivity contribution in [3.8, 4) is 0 Å². The molecule has 0 radical (unpaired) electrons. The fourth-order valence-electron chi connectivity index (χ4n) is 1.96. The van der Waals surface area contributed by atoms with Gasteiger partial charge in [-0.25, -0.2) is 13.4 Å². The van der Waals surface area contributed by atoms with Crippen LogP contribution in [0, 0.1) is 0 Å². The highest BCUT2D eigenvalue weighted by Crippen LogP contribution is 2.18. The fraction of sp³-hybridized carbons (Fsp3) is 0.455. The topological polar surface area (TPSA) is 93.4 Å². The molecule has 1 saturated heterocycles. The molecule has 18 heavy (non-hydrogen) atoms. The Morgan fingerprint density at radius 1 is 1.50 bits per heavy atom. The van der Waals surface area contributed by atoms with Gasteiger partial charge in [0.15, 0.2) is 9.84 Å². The van der Waals surface area contributed by atoms with Gasteiger partial charge in [0, 0.05) is 13.1 Å². The molecule has 98 valence electrons. The molecule has 1 amide bonds. The van der Waals surface area contributed by atoms with Crippen molar-refractivity contribution in [3.05, 3.63) is 24.0 Å². The molecule has 0 bridgehead atoms. The lowest BCUT2D eigenvalue weighted by atomic mass is 10.2. The van der Waals surface area contributed by atoms with Gasteiger partial charge in [0.2, 0.25) is 0 Å². The molecule has 0 aliphatic carbocycles. The summed E-state index contributed by atoms with van der Waals surface area (Å²) < 4.78 is 22.8. The summed E-state index contributed by atoms with van der Waals surface area (Å²) in [4.78, 5) is 17.5. The highest BCUT2D eigenvalue weighted by atomic mass is 32.2. The Morgan fingerprint density at radius 2 is 2.22 bits per heavy atom. The Labute approximate surface area is 106 Å². The maximum Gasteiger partial charge on any atom is 0.272 e. The quantitative estimate of drug-likeness (QED) is 0.810. The lowest BCUT2D eigenvalue weighted by Gasteiger charge is -2.22. The standard InChI is InChI=1S/C11H15N3O3S/c1-14(9-4-5-18(16,17)7-9)11(15)10-3-2-8(12)6-13-10/h2-3,6,9H,4-5,7,12H2,1H3. The van der Waals surface area contributed by atoms with E-state index in [9.17, 15) is 13.2 Å². The van der Waals surface area contributed by atoms with Gasteiger partial charge in [0.1, 0.15) is 5.69 Å². The number of amides is 1. The van der Waals surface area contributed by atoms with Crippen molar-refractivity contribution in [2.24, 2.45) is 0 Å². The van der Waals surface area contributed by atoms with Gasteiger partial charge in [-0.05, 0) is 18.6 Å². The zero-order chi connectivity index (χ0) is 13.3. The summed E-state index contributed by atoms with van der Waals surface area (Å²) in [6, 6.07) is 2.87. The molecular weight excluding hydrogens is 254 g/mol. The summed E-state index contributed by atoms with van der Waals surface area (Å²) in [5.41, 5.74) is 6.25. The number of aromatic nitrogens is 1. The van der Waals surface area contributed by atoms with Crippen molar-refractivity contribution in [2.45, 2.75) is 12.5 Å². The van der Waals surface area contributed by atoms with Crippen LogP contribution in [0.1, 0.15) is 16.9 Å². The summed E-state index contributed by atoms with van der Waals surface area (Å²) in [7, 11) is -1.39. The molecule has 2 rings (SSSR count). The highest BCUT2D eigenvalue weighted by Gasteiger charge is 2.33. The third kappa shape index (κ3) is 2.61. The Bertz CT molecular complexity index is 553. The zero-order valence-corrected chi connectivity index (χ0v) is 10.9. The molecule has 0 spiro atoms. The predicted octanol–water partition coefficient (Wildman–Crippen LogP) is -0.0771. The number of nitrogens with zero attached hydrogens (tertiary/aromatic N) is 2. The van der Waals surface area contributed by atoms with Gasteiger partial charge in [-0.2, -0.15) is 0 Å². The van der Waals surface area contributed by atoms with Crippen LogP contribution in [0.5, 0.6) is 0 Å². The highest BCUT2D eigenvalue weighted by molar-refractivity contribution is 7.91. The maximum atomic E-state index is 12.1. The van der Waals surface area contributed by atoms with Crippen LogP contribution in [-0.2, 0) is 9.84 Å². The van der Waals surface area contributed by atoms with E-state index in [1.807, 2.05) is 0 Å². The lowest BCUT2D eigenvalue weighted by molar-refractivity contribution is 0.0742. The molecule has 1 aliphatic rings. The zero-order valence-electron chi connectivity index (χ0n) is 10.0. The van der Waals surface area contributed by atoms with Gasteiger partial charge in [0.05, 0.1) is 23.4 Å². The van der Waals surface area contributed by atoms with E-state index in [-0.39, 0.29) is 29.1 Å². The second-order valence-corrected chi connectivity index (χ2v) is 6.68. The molecule has 1 atom stereocenters. The molecule has 6 nitrogen and oxygen atoms in total. The van der Waals surface area contributed by atoms with E-state index in [0.29, 0.717) is 12.1 Å². The second-order valence-electron chi connectivity index (χ2n) is 4.45. The third-order valence-electron chi connectivity index (χ3n) is 3.08. The minimum atomic E-state index is -3.00. The van der Waals surface area contributed by atoms with E-state index in [4.69, 9.17) is 5.73 Å². The van der Waals surface area contributed by atoms with E-state index >= 15 is 0 Å². The number of anilines is 1. The summed E-state index contributed by atoms with van der Waals surface area (Å²) in [5, 5.41) is 0. The van der Waals surface area contributed by atoms with Crippen molar-refractivity contribution < 1.29 is 13.2 Å². The van der Waals surface area contributed by atoms with Crippen LogP contribution in [0.2, 0.25) is 0 Å². The fourth-order valence-corrected chi connectivity index (χ4v) is 3.73. The molecule has 1 fully saturated rings. The van der Waals surface area contributed by atoms with Crippen LogP contribution in [0.3, 0.4) is 0 Å². The van der Waals surface area contributed by atoms with Gasteiger partial charge in [0.25, 0.3) is 5.91 Å². The average Bonchev–Trinajstić information content (AvgIpc) is 2.69. The molecule has 0 aromatic carbocycles. The van der Waals surface area contributed by atoms with Crippen molar-refractivity contribution in [3.63, 3.8) is 0 Å². The first-order valence-corrected chi connectivity index (χ1v) is 7.40. The minimum absolute atomic E-state index is 0.0320. The van der Waals surface area contributed by atoms with E-state index in [1.165, 1.54) is 17.2 Å². The molecule has 0 saturated carbocycles. The molecule has 2 N–H and O–H groups in total. The van der Waals surface area contributed by atoms with Gasteiger partial charge in [-0.3, -0.25) is 4.79 Å². The van der Waals surface area contributed by atoms with Crippen LogP contribution >= 0.6 is 0 Å². The largest absolute Gasteiger partial charge is 0.397 e. The third-order valence-corrected chi connectivity index (χ3v) is 4.83. The summed E-state index contributed by atoms with van der Waals surface area (Å²) in [6.07, 6.45) is 1.89. The SMILES string of the molecule is CN(C(=O)c1ccc(N)cn1)C1CCS(=O)(=O)C1. The first-order valence-electron chi connectivity index (χ1n) is 5.58. The number of nitrogens with two attached hydrogens (primary N) is 1. The van der Waals surface area contributed by atoms with Crippen molar-refractivity contribution in [1.82, 2.24) is 9.88 Å². The number of hydrogen-bond acceptors (Lipinski definition) is 5. The number of carbonyl (C=O) groups is 1. The van der Waals surface area contributed by atoms with Gasteiger partial charge in [-0.15, -0.1) is 0 Å². The summed E-state index contributed by atoms with van der Waals surface area (Å²) in [6.45, 7) is 0. The summed E-state index contributed by atoms with van der Waals surface area (Å²) in [5.74, 6) is -0.105. The second kappa shape index (κ2) is 4.56. The Kier molecular flexibility index (Phi) is 3.25. The molecule has 2 heterocycles. The molecule has 1 aromatic rings. The van der Waals surface area contributed by atoms with Crippen molar-refractivity contribution >= 4 is 21.4 Å². The van der Waals surface area contributed by atoms with E-state index < -0.39 is 9.84 Å². The van der Waals surface area contributed by atoms with E-state index in [0.717, 1.165) is 0 Å². The van der Waals surface area contributed by atoms with Crippen LogP contribution in [-0.4, -0.2) is 48.8 Å². The van der Waals surface area contributed by atoms with Crippen molar-refractivity contribution in [2.75, 3.05) is 24.3 Å². The first-order chi connectivity index (χ1) is 8.39. The smallest absolute Gasteiger partial charge is 0.272 e. The van der Waals surface area contributed by atoms with Gasteiger partial charge < -0.3 is 10.6 Å². The van der Waals surface area contributed by atoms with Gasteiger partial charge >= 0.3 is 0 Å². The number of pyridine rings is 1.